The van der Waals surface area contributed by atoms with Crippen molar-refractivity contribution in [1.29, 1.82) is 0 Å². The Morgan fingerprint density at radius 1 is 0.679 bits per heavy atom. The molecule has 0 aromatic heterocycles. The van der Waals surface area contributed by atoms with Gasteiger partial charge in [0.15, 0.2) is 0 Å². The zero-order chi connectivity index (χ0) is 20.3. The molecule has 4 heteroatoms. The third-order valence-electron chi connectivity index (χ3n) is 5.09. The van der Waals surface area contributed by atoms with E-state index >= 15 is 0 Å². The van der Waals surface area contributed by atoms with E-state index in [0.29, 0.717) is 19.4 Å². The summed E-state index contributed by atoms with van der Waals surface area (Å²) in [6.07, 6.45) is 16.1. The van der Waals surface area contributed by atoms with Crippen LogP contribution in [0.3, 0.4) is 0 Å². The van der Waals surface area contributed by atoms with Crippen LogP contribution in [0.25, 0.3) is 0 Å². The molecular formula is C24H43O3P. The van der Waals surface area contributed by atoms with Crippen molar-refractivity contribution in [2.24, 2.45) is 0 Å². The Hall–Kier alpha value is -0.630. The fraction of sp³-hybridized carbons (Fsp3) is 0.750. The minimum Gasteiger partial charge on any atom is -0.309 e. The van der Waals surface area contributed by atoms with Gasteiger partial charge in [-0.2, -0.15) is 0 Å². The Bertz CT molecular complexity index is 504. The second-order valence-corrected chi connectivity index (χ2v) is 9.96. The topological polar surface area (TPSA) is 35.5 Å². The Labute approximate surface area is 174 Å². The van der Waals surface area contributed by atoms with Crippen LogP contribution in [-0.4, -0.2) is 19.4 Å². The molecule has 3 nitrogen and oxygen atoms in total. The second-order valence-electron chi connectivity index (χ2n) is 7.77. The molecule has 0 aliphatic rings. The molecule has 0 aliphatic heterocycles. The number of benzene rings is 1. The molecule has 28 heavy (non-hydrogen) atoms. The van der Waals surface area contributed by atoms with Crippen LogP contribution in [0.2, 0.25) is 0 Å². The Morgan fingerprint density at radius 2 is 1.21 bits per heavy atom. The maximum Gasteiger partial charge on any atom is 0.330 e. The first-order chi connectivity index (χ1) is 13.7. The van der Waals surface area contributed by atoms with Crippen LogP contribution in [0.4, 0.5) is 0 Å². The second kappa shape index (κ2) is 17.2. The third-order valence-corrected chi connectivity index (χ3v) is 7.11. The van der Waals surface area contributed by atoms with Gasteiger partial charge in [-0.25, -0.2) is 0 Å². The van der Waals surface area contributed by atoms with Gasteiger partial charge in [0.25, 0.3) is 0 Å². The molecule has 0 heterocycles. The summed E-state index contributed by atoms with van der Waals surface area (Å²) in [6.45, 7) is 5.39. The zero-order valence-electron chi connectivity index (χ0n) is 18.4. The first-order valence-electron chi connectivity index (χ1n) is 11.6. The van der Waals surface area contributed by atoms with Gasteiger partial charge in [0.2, 0.25) is 0 Å². The van der Waals surface area contributed by atoms with Crippen molar-refractivity contribution in [1.82, 2.24) is 0 Å². The van der Waals surface area contributed by atoms with Crippen molar-refractivity contribution < 1.29 is 13.6 Å². The molecule has 0 amide bonds. The first-order valence-corrected chi connectivity index (χ1v) is 13.3. The fourth-order valence-corrected chi connectivity index (χ4v) is 5.07. The standard InChI is InChI=1S/C24H43O3P/c1-3-5-7-8-9-10-11-12-13-17-21-26-28(25,23-6-4-2)27-22-20-24-18-15-14-16-19-24/h14-16,18-19H,3-13,17,20-23H2,1-2H3. The minimum absolute atomic E-state index is 0.461. The Kier molecular flexibility index (Phi) is 15.6. The van der Waals surface area contributed by atoms with E-state index < -0.39 is 7.60 Å². The molecule has 1 atom stereocenters. The predicted molar refractivity (Wildman–Crippen MR) is 121 cm³/mol. The normalized spacial score (nSPS) is 13.5. The summed E-state index contributed by atoms with van der Waals surface area (Å²) in [5.41, 5.74) is 1.21. The van der Waals surface area contributed by atoms with Crippen LogP contribution >= 0.6 is 7.60 Å². The van der Waals surface area contributed by atoms with E-state index in [0.717, 1.165) is 32.1 Å². The molecule has 1 aromatic carbocycles. The van der Waals surface area contributed by atoms with Gasteiger partial charge in [0, 0.05) is 0 Å². The largest absolute Gasteiger partial charge is 0.330 e. The average molecular weight is 411 g/mol. The molecule has 1 rings (SSSR count). The lowest BCUT2D eigenvalue weighted by molar-refractivity contribution is 0.202. The summed E-state index contributed by atoms with van der Waals surface area (Å²) >= 11 is 0. The number of rotatable bonds is 19. The molecule has 162 valence electrons. The third kappa shape index (κ3) is 13.5. The number of unbranched alkanes of at least 4 members (excludes halogenated alkanes) is 10. The molecule has 0 N–H and O–H groups in total. The number of hydrogen-bond acceptors (Lipinski definition) is 3. The molecule has 0 saturated heterocycles. The molecule has 1 aromatic rings. The van der Waals surface area contributed by atoms with E-state index in [9.17, 15) is 4.57 Å². The van der Waals surface area contributed by atoms with Gasteiger partial charge >= 0.3 is 7.60 Å². The molecule has 0 fully saturated rings. The van der Waals surface area contributed by atoms with Crippen molar-refractivity contribution in [3.63, 3.8) is 0 Å². The van der Waals surface area contributed by atoms with E-state index in [1.807, 2.05) is 18.2 Å². The molecule has 0 bridgehead atoms. The van der Waals surface area contributed by atoms with Crippen molar-refractivity contribution in [2.45, 2.75) is 97.3 Å². The highest BCUT2D eigenvalue weighted by Gasteiger charge is 2.23. The van der Waals surface area contributed by atoms with E-state index in [1.54, 1.807) is 0 Å². The number of hydrogen-bond donors (Lipinski definition) is 0. The summed E-state index contributed by atoms with van der Waals surface area (Å²) < 4.78 is 24.5. The molecule has 0 radical (unpaired) electrons. The van der Waals surface area contributed by atoms with Crippen molar-refractivity contribution in [2.75, 3.05) is 19.4 Å². The van der Waals surface area contributed by atoms with Crippen LogP contribution in [0.1, 0.15) is 96.5 Å². The lowest BCUT2D eigenvalue weighted by atomic mass is 10.1. The van der Waals surface area contributed by atoms with Crippen LogP contribution in [0.5, 0.6) is 0 Å². The van der Waals surface area contributed by atoms with E-state index in [-0.39, 0.29) is 0 Å². The average Bonchev–Trinajstić information content (AvgIpc) is 2.71. The van der Waals surface area contributed by atoms with Gasteiger partial charge in [0.1, 0.15) is 0 Å². The van der Waals surface area contributed by atoms with Crippen molar-refractivity contribution >= 4 is 7.60 Å². The summed E-state index contributed by atoms with van der Waals surface area (Å²) in [4.78, 5) is 0. The van der Waals surface area contributed by atoms with E-state index in [2.05, 4.69) is 26.0 Å². The first kappa shape index (κ1) is 25.4. The van der Waals surface area contributed by atoms with Gasteiger partial charge in [-0.1, -0.05) is 108 Å². The van der Waals surface area contributed by atoms with E-state index in [1.165, 1.54) is 56.9 Å². The Balaban J connectivity index is 2.13. The quantitative estimate of drug-likeness (QED) is 0.170. The molecule has 1 unspecified atom stereocenters. The monoisotopic (exact) mass is 410 g/mol. The highest BCUT2D eigenvalue weighted by molar-refractivity contribution is 7.53. The lowest BCUT2D eigenvalue weighted by Gasteiger charge is -2.18. The van der Waals surface area contributed by atoms with Gasteiger partial charge in [-0.15, -0.1) is 0 Å². The molecular weight excluding hydrogens is 367 g/mol. The van der Waals surface area contributed by atoms with Gasteiger partial charge in [0.05, 0.1) is 19.4 Å². The van der Waals surface area contributed by atoms with Crippen LogP contribution < -0.4 is 0 Å². The van der Waals surface area contributed by atoms with Crippen LogP contribution in [-0.2, 0) is 20.0 Å². The fourth-order valence-electron chi connectivity index (χ4n) is 3.26. The predicted octanol–water partition coefficient (Wildman–Crippen LogP) is 8.18. The maximum atomic E-state index is 13.0. The van der Waals surface area contributed by atoms with Crippen molar-refractivity contribution in [3.8, 4) is 0 Å². The van der Waals surface area contributed by atoms with Gasteiger partial charge in [-0.05, 0) is 24.8 Å². The van der Waals surface area contributed by atoms with Crippen molar-refractivity contribution in [3.05, 3.63) is 35.9 Å². The minimum atomic E-state index is -2.95. The highest BCUT2D eigenvalue weighted by atomic mass is 31.2. The molecule has 0 saturated carbocycles. The maximum absolute atomic E-state index is 13.0. The van der Waals surface area contributed by atoms with Crippen LogP contribution in [0.15, 0.2) is 30.3 Å². The summed E-state index contributed by atoms with van der Waals surface area (Å²) in [6, 6.07) is 10.2. The summed E-state index contributed by atoms with van der Waals surface area (Å²) in [5.74, 6) is 0. The summed E-state index contributed by atoms with van der Waals surface area (Å²) in [5, 5.41) is 0. The smallest absolute Gasteiger partial charge is 0.309 e. The van der Waals surface area contributed by atoms with Gasteiger partial charge in [-0.3, -0.25) is 4.57 Å². The van der Waals surface area contributed by atoms with E-state index in [4.69, 9.17) is 9.05 Å². The lowest BCUT2D eigenvalue weighted by Crippen LogP contribution is -2.05. The highest BCUT2D eigenvalue weighted by Crippen LogP contribution is 2.49. The SMILES string of the molecule is CCCCCCCCCCCCOP(=O)(CCCC)OCCc1ccccc1. The Morgan fingerprint density at radius 3 is 1.82 bits per heavy atom. The van der Waals surface area contributed by atoms with Crippen LogP contribution in [0, 0.1) is 0 Å². The molecule has 0 spiro atoms. The summed E-state index contributed by atoms with van der Waals surface area (Å²) in [7, 11) is -2.95. The van der Waals surface area contributed by atoms with Gasteiger partial charge < -0.3 is 9.05 Å². The zero-order valence-corrected chi connectivity index (χ0v) is 19.3. The molecule has 0 aliphatic carbocycles.